The van der Waals surface area contributed by atoms with Crippen molar-refractivity contribution in [3.05, 3.63) is 77.8 Å². The quantitative estimate of drug-likeness (QED) is 0.444. The van der Waals surface area contributed by atoms with Gasteiger partial charge in [0, 0.05) is 46.3 Å². The molecule has 0 aliphatic carbocycles. The van der Waals surface area contributed by atoms with Crippen molar-refractivity contribution in [1.82, 2.24) is 14.9 Å². The molecule has 0 bridgehead atoms. The number of rotatable bonds is 9. The van der Waals surface area contributed by atoms with Crippen molar-refractivity contribution in [2.75, 3.05) is 11.9 Å². The summed E-state index contributed by atoms with van der Waals surface area (Å²) in [5, 5.41) is 6.71. The molecule has 3 aromatic rings. The van der Waals surface area contributed by atoms with Crippen LogP contribution < -0.4 is 10.6 Å². The minimum absolute atomic E-state index is 0.186. The van der Waals surface area contributed by atoms with E-state index in [1.165, 1.54) is 10.5 Å². The number of hydrogen-bond donors (Lipinski definition) is 2. The average molecular weight is 429 g/mol. The van der Waals surface area contributed by atoms with E-state index in [2.05, 4.69) is 44.5 Å². The fourth-order valence-electron chi connectivity index (χ4n) is 2.94. The Morgan fingerprint density at radius 2 is 1.93 bits per heavy atom. The van der Waals surface area contributed by atoms with Crippen LogP contribution in [0.25, 0.3) is 0 Å². The predicted molar refractivity (Wildman–Crippen MR) is 121 cm³/mol. The van der Waals surface area contributed by atoms with Gasteiger partial charge in [0.1, 0.15) is 0 Å². The number of urea groups is 1. The van der Waals surface area contributed by atoms with E-state index in [0.29, 0.717) is 11.8 Å². The Balaban J connectivity index is 1.62. The summed E-state index contributed by atoms with van der Waals surface area (Å²) in [4.78, 5) is 17.0. The largest absolute Gasteiger partial charge is 0.338 e. The first kappa shape index (κ1) is 21.3. The van der Waals surface area contributed by atoms with E-state index in [-0.39, 0.29) is 6.03 Å². The summed E-state index contributed by atoms with van der Waals surface area (Å²) in [7, 11) is 0. The molecule has 7 heteroatoms. The molecule has 0 radical (unpaired) electrons. The van der Waals surface area contributed by atoms with Crippen LogP contribution in [0.15, 0.2) is 72.1 Å². The highest BCUT2D eigenvalue weighted by molar-refractivity contribution is 8.00. The fraction of sp³-hybridized carbons (Fsp3) is 0.273. The number of aromatic nitrogens is 2. The van der Waals surface area contributed by atoms with Crippen LogP contribution >= 0.6 is 23.4 Å². The molecule has 0 spiro atoms. The van der Waals surface area contributed by atoms with Crippen molar-refractivity contribution < 1.29 is 4.79 Å². The molecule has 1 unspecified atom stereocenters. The second kappa shape index (κ2) is 10.9. The Kier molecular flexibility index (Phi) is 8.02. The Hall–Kier alpha value is -2.44. The predicted octanol–water partition coefficient (Wildman–Crippen LogP) is 5.47. The maximum atomic E-state index is 11.6. The number of nitrogens with one attached hydrogen (secondary N) is 2. The summed E-state index contributed by atoms with van der Waals surface area (Å²) in [5.74, 6) is 0. The molecular formula is C22H25ClN4OS. The zero-order chi connectivity index (χ0) is 20.5. The number of anilines is 1. The van der Waals surface area contributed by atoms with Gasteiger partial charge in [-0.25, -0.2) is 9.78 Å². The van der Waals surface area contributed by atoms with E-state index >= 15 is 0 Å². The highest BCUT2D eigenvalue weighted by Crippen LogP contribution is 2.29. The monoisotopic (exact) mass is 428 g/mol. The second-order valence-corrected chi connectivity index (χ2v) is 8.48. The molecular weight excluding hydrogens is 404 g/mol. The fourth-order valence-corrected chi connectivity index (χ4v) is 4.23. The molecule has 2 amide bonds. The number of benzene rings is 2. The van der Waals surface area contributed by atoms with Crippen LogP contribution in [0.5, 0.6) is 0 Å². The summed E-state index contributed by atoms with van der Waals surface area (Å²) in [6.45, 7) is 3.38. The number of carbonyl (C=O) groups excluding carboxylic acids is 1. The molecule has 5 nitrogen and oxygen atoms in total. The van der Waals surface area contributed by atoms with Gasteiger partial charge in [-0.15, -0.1) is 11.8 Å². The SMILES string of the molecule is CCNC(=O)Nc1ccc(SC(CCc2ccc(Cl)cc2)Cn2ccnc2)cc1. The molecule has 0 fully saturated rings. The van der Waals surface area contributed by atoms with Gasteiger partial charge < -0.3 is 15.2 Å². The van der Waals surface area contributed by atoms with E-state index in [9.17, 15) is 4.79 Å². The van der Waals surface area contributed by atoms with E-state index < -0.39 is 0 Å². The van der Waals surface area contributed by atoms with Crippen molar-refractivity contribution in [2.24, 2.45) is 0 Å². The molecule has 0 aliphatic heterocycles. The third kappa shape index (κ3) is 7.15. The first-order chi connectivity index (χ1) is 14.1. The van der Waals surface area contributed by atoms with E-state index in [1.54, 1.807) is 0 Å². The van der Waals surface area contributed by atoms with Gasteiger partial charge in [0.15, 0.2) is 0 Å². The Morgan fingerprint density at radius 3 is 2.59 bits per heavy atom. The van der Waals surface area contributed by atoms with E-state index in [1.807, 2.05) is 61.7 Å². The van der Waals surface area contributed by atoms with Gasteiger partial charge in [0.2, 0.25) is 0 Å². The summed E-state index contributed by atoms with van der Waals surface area (Å²) in [6.07, 6.45) is 7.68. The number of nitrogens with zero attached hydrogens (tertiary/aromatic N) is 2. The van der Waals surface area contributed by atoms with E-state index in [0.717, 1.165) is 30.1 Å². The summed E-state index contributed by atoms with van der Waals surface area (Å²) >= 11 is 7.84. The van der Waals surface area contributed by atoms with E-state index in [4.69, 9.17) is 11.6 Å². The molecule has 29 heavy (non-hydrogen) atoms. The zero-order valence-electron chi connectivity index (χ0n) is 16.3. The second-order valence-electron chi connectivity index (χ2n) is 6.67. The number of aryl methyl sites for hydroxylation is 1. The summed E-state index contributed by atoms with van der Waals surface area (Å²) < 4.78 is 2.12. The molecule has 0 saturated carbocycles. The van der Waals surface area contributed by atoms with Gasteiger partial charge in [-0.05, 0) is 61.7 Å². The van der Waals surface area contributed by atoms with Gasteiger partial charge >= 0.3 is 6.03 Å². The highest BCUT2D eigenvalue weighted by atomic mass is 35.5. The number of imidazole rings is 1. The zero-order valence-corrected chi connectivity index (χ0v) is 17.9. The number of carbonyl (C=O) groups is 1. The number of hydrogen-bond acceptors (Lipinski definition) is 3. The van der Waals surface area contributed by atoms with Crippen LogP contribution in [-0.4, -0.2) is 27.4 Å². The summed E-state index contributed by atoms with van der Waals surface area (Å²) in [6, 6.07) is 15.8. The molecule has 1 heterocycles. The molecule has 2 aromatic carbocycles. The van der Waals surface area contributed by atoms with Crippen molar-refractivity contribution >= 4 is 35.1 Å². The average Bonchev–Trinajstić information content (AvgIpc) is 3.22. The number of halogens is 1. The smallest absolute Gasteiger partial charge is 0.319 e. The molecule has 2 N–H and O–H groups in total. The minimum atomic E-state index is -0.186. The van der Waals surface area contributed by atoms with Crippen LogP contribution in [0.3, 0.4) is 0 Å². The van der Waals surface area contributed by atoms with Gasteiger partial charge in [0.05, 0.1) is 6.33 Å². The Labute approximate surface area is 180 Å². The topological polar surface area (TPSA) is 59.0 Å². The molecule has 0 aliphatic rings. The summed E-state index contributed by atoms with van der Waals surface area (Å²) in [5.41, 5.74) is 2.07. The lowest BCUT2D eigenvalue weighted by Gasteiger charge is -2.18. The lowest BCUT2D eigenvalue weighted by molar-refractivity contribution is 0.252. The highest BCUT2D eigenvalue weighted by Gasteiger charge is 2.12. The lowest BCUT2D eigenvalue weighted by atomic mass is 10.1. The minimum Gasteiger partial charge on any atom is -0.338 e. The molecule has 1 atom stereocenters. The van der Waals surface area contributed by atoms with Crippen molar-refractivity contribution in [3.8, 4) is 0 Å². The molecule has 3 rings (SSSR count). The normalized spacial score (nSPS) is 11.8. The third-order valence-corrected chi connectivity index (χ3v) is 5.91. The number of thioether (sulfide) groups is 1. The maximum absolute atomic E-state index is 11.6. The maximum Gasteiger partial charge on any atom is 0.319 e. The van der Waals surface area contributed by atoms with Crippen molar-refractivity contribution in [1.29, 1.82) is 0 Å². The Morgan fingerprint density at radius 1 is 1.17 bits per heavy atom. The third-order valence-electron chi connectivity index (χ3n) is 4.39. The molecule has 0 saturated heterocycles. The van der Waals surface area contributed by atoms with Crippen LogP contribution in [0.1, 0.15) is 18.9 Å². The first-order valence-electron chi connectivity index (χ1n) is 9.64. The molecule has 152 valence electrons. The van der Waals surface area contributed by atoms with Crippen molar-refractivity contribution in [3.63, 3.8) is 0 Å². The van der Waals surface area contributed by atoms with Crippen LogP contribution in [0.2, 0.25) is 5.02 Å². The Bertz CT molecular complexity index is 882. The van der Waals surface area contributed by atoms with Gasteiger partial charge in [-0.3, -0.25) is 0 Å². The molecule has 1 aromatic heterocycles. The number of amides is 2. The van der Waals surface area contributed by atoms with Crippen LogP contribution in [0, 0.1) is 0 Å². The first-order valence-corrected chi connectivity index (χ1v) is 10.9. The van der Waals surface area contributed by atoms with Gasteiger partial charge in [0.25, 0.3) is 0 Å². The van der Waals surface area contributed by atoms with Crippen LogP contribution in [0.4, 0.5) is 10.5 Å². The van der Waals surface area contributed by atoms with Crippen molar-refractivity contribution in [2.45, 2.75) is 36.5 Å². The van der Waals surface area contributed by atoms with Gasteiger partial charge in [-0.2, -0.15) is 0 Å². The lowest BCUT2D eigenvalue weighted by Crippen LogP contribution is -2.28. The van der Waals surface area contributed by atoms with Crippen LogP contribution in [-0.2, 0) is 13.0 Å². The standard InChI is InChI=1S/C22H25ClN4OS/c1-2-25-22(28)26-19-8-11-20(12-9-19)29-21(15-27-14-13-24-16-27)10-5-17-3-6-18(23)7-4-17/h3-4,6-9,11-14,16,21H,2,5,10,15H2,1H3,(H2,25,26,28). The van der Waals surface area contributed by atoms with Gasteiger partial charge in [-0.1, -0.05) is 23.7 Å².